The van der Waals surface area contributed by atoms with Crippen molar-refractivity contribution in [1.29, 1.82) is 0 Å². The van der Waals surface area contributed by atoms with Gasteiger partial charge < -0.3 is 24.5 Å². The zero-order valence-corrected chi connectivity index (χ0v) is 17.1. The Bertz CT molecular complexity index is 805. The summed E-state index contributed by atoms with van der Waals surface area (Å²) in [5, 5.41) is 10.1. The van der Waals surface area contributed by atoms with Gasteiger partial charge in [0.25, 0.3) is 5.91 Å². The number of phenolic OH excluding ortho intramolecular Hbond substituents is 1. The third kappa shape index (κ3) is 5.09. The number of carbonyl (C=O) groups excluding carboxylic acids is 1. The van der Waals surface area contributed by atoms with E-state index in [4.69, 9.17) is 16.3 Å². The standard InChI is InChI=1S/C21H26ClN3O3/c1-23(14-16-13-17(22)3-8-20(16)28-2)15-21(27)25-11-9-24(10-12-25)18-4-6-19(26)7-5-18/h3-8,13,26H,9-12,14-15H2,1-2H3/p+1. The number of amides is 1. The number of hydrogen-bond acceptors (Lipinski definition) is 4. The molecule has 1 unspecified atom stereocenters. The maximum Gasteiger partial charge on any atom is 0.277 e. The number of hydrogen-bond donors (Lipinski definition) is 2. The van der Waals surface area contributed by atoms with E-state index < -0.39 is 0 Å². The Morgan fingerprint density at radius 1 is 1.14 bits per heavy atom. The molecule has 0 radical (unpaired) electrons. The van der Waals surface area contributed by atoms with Gasteiger partial charge in [-0.3, -0.25) is 4.79 Å². The van der Waals surface area contributed by atoms with Crippen molar-refractivity contribution >= 4 is 23.2 Å². The highest BCUT2D eigenvalue weighted by molar-refractivity contribution is 6.30. The molecule has 1 amide bonds. The summed E-state index contributed by atoms with van der Waals surface area (Å²) in [5.41, 5.74) is 2.07. The fraction of sp³-hybridized carbons (Fsp3) is 0.381. The van der Waals surface area contributed by atoms with Gasteiger partial charge in [0.05, 0.1) is 14.2 Å². The molecule has 2 N–H and O–H groups in total. The number of aromatic hydroxyl groups is 1. The normalized spacial score (nSPS) is 15.4. The fourth-order valence-electron chi connectivity index (χ4n) is 3.52. The monoisotopic (exact) mass is 404 g/mol. The van der Waals surface area contributed by atoms with Crippen LogP contribution in [0.3, 0.4) is 0 Å². The predicted molar refractivity (Wildman–Crippen MR) is 110 cm³/mol. The lowest BCUT2D eigenvalue weighted by molar-refractivity contribution is -0.885. The maximum absolute atomic E-state index is 12.7. The zero-order chi connectivity index (χ0) is 20.1. The lowest BCUT2D eigenvalue weighted by atomic mass is 10.2. The topological polar surface area (TPSA) is 57.5 Å². The molecule has 0 aromatic heterocycles. The first-order valence-electron chi connectivity index (χ1n) is 9.41. The van der Waals surface area contributed by atoms with E-state index in [0.29, 0.717) is 31.2 Å². The molecule has 6 nitrogen and oxygen atoms in total. The van der Waals surface area contributed by atoms with Gasteiger partial charge in [-0.1, -0.05) is 11.6 Å². The molecule has 150 valence electrons. The molecule has 28 heavy (non-hydrogen) atoms. The van der Waals surface area contributed by atoms with Crippen LogP contribution >= 0.6 is 11.6 Å². The molecule has 1 atom stereocenters. The number of carbonyl (C=O) groups is 1. The van der Waals surface area contributed by atoms with Crippen LogP contribution < -0.4 is 14.5 Å². The van der Waals surface area contributed by atoms with Crippen LogP contribution in [0.15, 0.2) is 42.5 Å². The lowest BCUT2D eigenvalue weighted by Gasteiger charge is -2.36. The van der Waals surface area contributed by atoms with Crippen molar-refractivity contribution in [1.82, 2.24) is 4.90 Å². The summed E-state index contributed by atoms with van der Waals surface area (Å²) in [6.07, 6.45) is 0. The first-order valence-corrected chi connectivity index (χ1v) is 9.79. The molecular formula is C21H27ClN3O3+. The number of quaternary nitrogens is 1. The Kier molecular flexibility index (Phi) is 6.65. The summed E-state index contributed by atoms with van der Waals surface area (Å²) in [4.78, 5) is 18.0. The minimum atomic E-state index is 0.156. The SMILES string of the molecule is COc1ccc(Cl)cc1C[NH+](C)CC(=O)N1CCN(c2ccc(O)cc2)CC1. The van der Waals surface area contributed by atoms with E-state index in [0.717, 1.165) is 35.0 Å². The number of rotatable bonds is 6. The van der Waals surface area contributed by atoms with E-state index in [1.54, 1.807) is 25.3 Å². The second-order valence-electron chi connectivity index (χ2n) is 7.15. The van der Waals surface area contributed by atoms with Crippen LogP contribution in [0.1, 0.15) is 5.56 Å². The Hall–Kier alpha value is -2.44. The van der Waals surface area contributed by atoms with Crippen LogP contribution in [0.25, 0.3) is 0 Å². The van der Waals surface area contributed by atoms with E-state index >= 15 is 0 Å². The van der Waals surface area contributed by atoms with Gasteiger partial charge in [-0.25, -0.2) is 0 Å². The van der Waals surface area contributed by atoms with Gasteiger partial charge in [0.2, 0.25) is 0 Å². The summed E-state index contributed by atoms with van der Waals surface area (Å²) < 4.78 is 5.40. The number of halogens is 1. The van der Waals surface area contributed by atoms with Gasteiger partial charge in [0.1, 0.15) is 18.0 Å². The van der Waals surface area contributed by atoms with Crippen LogP contribution in [0.4, 0.5) is 5.69 Å². The summed E-state index contributed by atoms with van der Waals surface area (Å²) in [6, 6.07) is 12.7. The molecule has 7 heteroatoms. The largest absolute Gasteiger partial charge is 0.508 e. The molecule has 1 heterocycles. The molecule has 1 aliphatic rings. The van der Waals surface area contributed by atoms with Crippen LogP contribution in [0, 0.1) is 0 Å². The minimum Gasteiger partial charge on any atom is -0.508 e. The number of anilines is 1. The van der Waals surface area contributed by atoms with E-state index in [9.17, 15) is 9.90 Å². The van der Waals surface area contributed by atoms with Crippen molar-refractivity contribution in [3.63, 3.8) is 0 Å². The number of nitrogens with zero attached hydrogens (tertiary/aromatic N) is 2. The van der Waals surface area contributed by atoms with E-state index in [1.807, 2.05) is 36.2 Å². The number of likely N-dealkylation sites (N-methyl/N-ethyl adjacent to an activating group) is 1. The molecule has 0 saturated carbocycles. The quantitative estimate of drug-likeness (QED) is 0.764. The van der Waals surface area contributed by atoms with Crippen molar-refractivity contribution in [2.45, 2.75) is 6.54 Å². The number of benzene rings is 2. The van der Waals surface area contributed by atoms with Crippen LogP contribution in [-0.4, -0.2) is 62.8 Å². The first kappa shape index (κ1) is 20.3. The Balaban J connectivity index is 1.51. The van der Waals surface area contributed by atoms with Gasteiger partial charge >= 0.3 is 0 Å². The smallest absolute Gasteiger partial charge is 0.277 e. The van der Waals surface area contributed by atoms with E-state index in [-0.39, 0.29) is 11.7 Å². The van der Waals surface area contributed by atoms with Crippen LogP contribution in [-0.2, 0) is 11.3 Å². The molecule has 1 aliphatic heterocycles. The molecule has 0 bridgehead atoms. The highest BCUT2D eigenvalue weighted by Gasteiger charge is 2.24. The lowest BCUT2D eigenvalue weighted by Crippen LogP contribution is -3.09. The van der Waals surface area contributed by atoms with Gasteiger partial charge in [-0.2, -0.15) is 0 Å². The highest BCUT2D eigenvalue weighted by atomic mass is 35.5. The highest BCUT2D eigenvalue weighted by Crippen LogP contribution is 2.22. The summed E-state index contributed by atoms with van der Waals surface area (Å²) >= 11 is 6.10. The minimum absolute atomic E-state index is 0.156. The molecular weight excluding hydrogens is 378 g/mol. The predicted octanol–water partition coefficient (Wildman–Crippen LogP) is 1.42. The van der Waals surface area contributed by atoms with Gasteiger partial charge in [-0.05, 0) is 42.5 Å². The third-order valence-electron chi connectivity index (χ3n) is 5.03. The fourth-order valence-corrected chi connectivity index (χ4v) is 3.72. The zero-order valence-electron chi connectivity index (χ0n) is 16.3. The van der Waals surface area contributed by atoms with Crippen molar-refractivity contribution in [3.05, 3.63) is 53.1 Å². The van der Waals surface area contributed by atoms with Crippen molar-refractivity contribution < 1.29 is 19.5 Å². The molecule has 2 aromatic carbocycles. The maximum atomic E-state index is 12.7. The van der Waals surface area contributed by atoms with Crippen LogP contribution in [0.2, 0.25) is 5.02 Å². The Morgan fingerprint density at radius 2 is 1.82 bits per heavy atom. The van der Waals surface area contributed by atoms with Crippen molar-refractivity contribution in [2.24, 2.45) is 0 Å². The second-order valence-corrected chi connectivity index (χ2v) is 7.59. The Morgan fingerprint density at radius 3 is 2.46 bits per heavy atom. The van der Waals surface area contributed by atoms with Crippen LogP contribution in [0.5, 0.6) is 11.5 Å². The Labute approximate surface area is 170 Å². The summed E-state index contributed by atoms with van der Waals surface area (Å²) in [6.45, 7) is 4.08. The third-order valence-corrected chi connectivity index (χ3v) is 5.27. The first-order chi connectivity index (χ1) is 13.5. The van der Waals surface area contributed by atoms with E-state index in [1.165, 1.54) is 0 Å². The van der Waals surface area contributed by atoms with Gasteiger partial charge in [0, 0.05) is 42.5 Å². The number of phenols is 1. The average molecular weight is 405 g/mol. The molecule has 0 spiro atoms. The second kappa shape index (κ2) is 9.17. The summed E-state index contributed by atoms with van der Waals surface area (Å²) in [7, 11) is 3.64. The van der Waals surface area contributed by atoms with Crippen molar-refractivity contribution in [2.75, 3.05) is 51.8 Å². The molecule has 1 saturated heterocycles. The molecule has 2 aromatic rings. The van der Waals surface area contributed by atoms with Gasteiger partial charge in [-0.15, -0.1) is 0 Å². The van der Waals surface area contributed by atoms with Gasteiger partial charge in [0.15, 0.2) is 6.54 Å². The number of nitrogens with one attached hydrogen (secondary N) is 1. The van der Waals surface area contributed by atoms with E-state index in [2.05, 4.69) is 4.90 Å². The molecule has 1 fully saturated rings. The number of methoxy groups -OCH3 is 1. The molecule has 0 aliphatic carbocycles. The van der Waals surface area contributed by atoms with Crippen molar-refractivity contribution in [3.8, 4) is 11.5 Å². The average Bonchev–Trinajstić information content (AvgIpc) is 2.69. The summed E-state index contributed by atoms with van der Waals surface area (Å²) in [5.74, 6) is 1.21. The molecule has 3 rings (SSSR count). The number of piperazine rings is 1. The number of ether oxygens (including phenoxy) is 1.